The fraction of sp³-hybridized carbons (Fsp3) is 0.571. The summed E-state index contributed by atoms with van der Waals surface area (Å²) in [6, 6.07) is 4.97. The van der Waals surface area contributed by atoms with Crippen LogP contribution in [0.15, 0.2) is 18.2 Å². The third-order valence-electron chi connectivity index (χ3n) is 3.71. The molecule has 6 nitrogen and oxygen atoms in total. The van der Waals surface area contributed by atoms with Crippen molar-refractivity contribution in [1.29, 1.82) is 0 Å². The molecule has 1 atom stereocenters. The fourth-order valence-electron chi connectivity index (χ4n) is 2.24. The first-order valence-corrected chi connectivity index (χ1v) is 8.08. The normalized spacial score (nSPS) is 20.2. The van der Waals surface area contributed by atoms with Crippen molar-refractivity contribution in [1.82, 2.24) is 4.31 Å². The van der Waals surface area contributed by atoms with E-state index in [9.17, 15) is 8.42 Å². The standard InChI is InChI=1S/C14H21NO5S/c1-6-15(4)21(16,17)20-10-7-8-12-11(9-10)14(2,3)13(18-5)19-12/h7-9,13H,6H2,1-5H3. The van der Waals surface area contributed by atoms with E-state index in [0.29, 0.717) is 12.3 Å². The highest BCUT2D eigenvalue weighted by Gasteiger charge is 2.42. The predicted molar refractivity (Wildman–Crippen MR) is 78.7 cm³/mol. The van der Waals surface area contributed by atoms with E-state index in [0.717, 1.165) is 9.87 Å². The van der Waals surface area contributed by atoms with Gasteiger partial charge in [-0.2, -0.15) is 12.7 Å². The monoisotopic (exact) mass is 315 g/mol. The molecule has 0 spiro atoms. The molecule has 118 valence electrons. The fourth-order valence-corrected chi connectivity index (χ4v) is 3.03. The van der Waals surface area contributed by atoms with Crippen molar-refractivity contribution in [2.75, 3.05) is 20.7 Å². The van der Waals surface area contributed by atoms with Crippen LogP contribution in [0.5, 0.6) is 11.5 Å². The summed E-state index contributed by atoms with van der Waals surface area (Å²) in [6.45, 7) is 6.03. The molecule has 0 bridgehead atoms. The number of hydrogen-bond donors (Lipinski definition) is 0. The van der Waals surface area contributed by atoms with Gasteiger partial charge in [-0.25, -0.2) is 0 Å². The summed E-state index contributed by atoms with van der Waals surface area (Å²) in [6.07, 6.45) is -0.405. The maximum Gasteiger partial charge on any atom is 0.384 e. The molecule has 0 aromatic heterocycles. The molecular formula is C14H21NO5S. The third kappa shape index (κ3) is 2.86. The summed E-state index contributed by atoms with van der Waals surface area (Å²) in [5, 5.41) is 0. The van der Waals surface area contributed by atoms with Crippen molar-refractivity contribution in [3.63, 3.8) is 0 Å². The first kappa shape index (κ1) is 16.1. The summed E-state index contributed by atoms with van der Waals surface area (Å²) in [4.78, 5) is 0. The van der Waals surface area contributed by atoms with E-state index in [1.165, 1.54) is 7.05 Å². The molecule has 0 saturated carbocycles. The van der Waals surface area contributed by atoms with Crippen LogP contribution in [-0.4, -0.2) is 39.7 Å². The number of ether oxygens (including phenoxy) is 2. The Morgan fingerprint density at radius 3 is 2.62 bits per heavy atom. The van der Waals surface area contributed by atoms with Crippen molar-refractivity contribution >= 4 is 10.3 Å². The Hall–Kier alpha value is -1.31. The first-order valence-electron chi connectivity index (χ1n) is 6.72. The minimum atomic E-state index is -3.78. The van der Waals surface area contributed by atoms with Crippen molar-refractivity contribution in [3.8, 4) is 11.5 Å². The lowest BCUT2D eigenvalue weighted by atomic mass is 9.85. The van der Waals surface area contributed by atoms with Crippen molar-refractivity contribution < 1.29 is 22.1 Å². The van der Waals surface area contributed by atoms with E-state index in [1.807, 2.05) is 13.8 Å². The zero-order valence-electron chi connectivity index (χ0n) is 12.9. The number of rotatable bonds is 5. The zero-order valence-corrected chi connectivity index (χ0v) is 13.7. The topological polar surface area (TPSA) is 65.1 Å². The highest BCUT2D eigenvalue weighted by Crippen LogP contribution is 2.44. The van der Waals surface area contributed by atoms with Gasteiger partial charge in [-0.1, -0.05) is 6.92 Å². The van der Waals surface area contributed by atoms with E-state index in [1.54, 1.807) is 32.2 Å². The Bertz CT molecular complexity index is 626. The van der Waals surface area contributed by atoms with Crippen LogP contribution in [0.4, 0.5) is 0 Å². The molecule has 21 heavy (non-hydrogen) atoms. The van der Waals surface area contributed by atoms with Crippen LogP contribution >= 0.6 is 0 Å². The molecule has 7 heteroatoms. The minimum Gasteiger partial charge on any atom is -0.464 e. The van der Waals surface area contributed by atoms with Crippen LogP contribution < -0.4 is 8.92 Å². The predicted octanol–water partition coefficient (Wildman–Crippen LogP) is 1.90. The molecule has 0 N–H and O–H groups in total. The minimum absolute atomic E-state index is 0.266. The highest BCUT2D eigenvalue weighted by molar-refractivity contribution is 7.84. The van der Waals surface area contributed by atoms with Gasteiger partial charge in [0.2, 0.25) is 6.29 Å². The lowest BCUT2D eigenvalue weighted by Gasteiger charge is -2.24. The molecule has 1 aliphatic rings. The second-order valence-corrected chi connectivity index (χ2v) is 7.17. The van der Waals surface area contributed by atoms with E-state index in [2.05, 4.69) is 0 Å². The maximum absolute atomic E-state index is 12.0. The quantitative estimate of drug-likeness (QED) is 0.830. The average molecular weight is 315 g/mol. The van der Waals surface area contributed by atoms with Gasteiger partial charge < -0.3 is 13.7 Å². The summed E-state index contributed by atoms with van der Waals surface area (Å²) in [5.74, 6) is 0.947. The van der Waals surface area contributed by atoms with Gasteiger partial charge in [0.05, 0.1) is 5.41 Å². The largest absolute Gasteiger partial charge is 0.464 e. The number of fused-ring (bicyclic) bond motifs is 1. The molecule has 1 aromatic carbocycles. The van der Waals surface area contributed by atoms with Gasteiger partial charge >= 0.3 is 10.3 Å². The molecule has 0 aliphatic carbocycles. The van der Waals surface area contributed by atoms with E-state index in [4.69, 9.17) is 13.7 Å². The van der Waals surface area contributed by atoms with Gasteiger partial charge in [-0.15, -0.1) is 0 Å². The van der Waals surface area contributed by atoms with E-state index in [-0.39, 0.29) is 11.2 Å². The van der Waals surface area contributed by atoms with E-state index >= 15 is 0 Å². The van der Waals surface area contributed by atoms with Gasteiger partial charge in [0, 0.05) is 26.3 Å². The first-order chi connectivity index (χ1) is 9.72. The van der Waals surface area contributed by atoms with Gasteiger partial charge in [0.15, 0.2) is 0 Å². The average Bonchev–Trinajstić information content (AvgIpc) is 2.68. The van der Waals surface area contributed by atoms with Gasteiger partial charge in [-0.05, 0) is 32.0 Å². The number of hydrogen-bond acceptors (Lipinski definition) is 5. The maximum atomic E-state index is 12.0. The molecule has 0 fully saturated rings. The van der Waals surface area contributed by atoms with Gasteiger partial charge in [-0.3, -0.25) is 0 Å². The van der Waals surface area contributed by atoms with Crippen LogP contribution in [0, 0.1) is 0 Å². The molecular weight excluding hydrogens is 294 g/mol. The van der Waals surface area contributed by atoms with Gasteiger partial charge in [0.25, 0.3) is 0 Å². The number of methoxy groups -OCH3 is 1. The number of nitrogens with zero attached hydrogens (tertiary/aromatic N) is 1. The Balaban J connectivity index is 2.32. The Morgan fingerprint density at radius 1 is 1.38 bits per heavy atom. The summed E-state index contributed by atoms with van der Waals surface area (Å²) < 4.78 is 41.2. The van der Waals surface area contributed by atoms with Crippen LogP contribution in [0.25, 0.3) is 0 Å². The van der Waals surface area contributed by atoms with Gasteiger partial charge in [0.1, 0.15) is 11.5 Å². The zero-order chi connectivity index (χ0) is 15.8. The molecule has 1 aromatic rings. The Labute approximate surface area is 125 Å². The lowest BCUT2D eigenvalue weighted by Crippen LogP contribution is -2.33. The van der Waals surface area contributed by atoms with Crippen LogP contribution in [0.2, 0.25) is 0 Å². The van der Waals surface area contributed by atoms with Crippen molar-refractivity contribution in [2.45, 2.75) is 32.5 Å². The van der Waals surface area contributed by atoms with Crippen LogP contribution in [-0.2, 0) is 20.5 Å². The summed E-state index contributed by atoms with van der Waals surface area (Å²) in [7, 11) is -0.727. The Morgan fingerprint density at radius 2 is 2.05 bits per heavy atom. The number of benzene rings is 1. The summed E-state index contributed by atoms with van der Waals surface area (Å²) in [5.41, 5.74) is 0.477. The van der Waals surface area contributed by atoms with Crippen LogP contribution in [0.1, 0.15) is 26.3 Å². The van der Waals surface area contributed by atoms with Crippen molar-refractivity contribution in [3.05, 3.63) is 23.8 Å². The Kier molecular flexibility index (Phi) is 4.19. The third-order valence-corrected chi connectivity index (χ3v) is 5.14. The van der Waals surface area contributed by atoms with Crippen molar-refractivity contribution in [2.24, 2.45) is 0 Å². The second-order valence-electron chi connectivity index (χ2n) is 5.52. The molecule has 1 unspecified atom stereocenters. The molecule has 0 amide bonds. The SMILES string of the molecule is CCN(C)S(=O)(=O)Oc1ccc2c(c1)C(C)(C)C(OC)O2. The summed E-state index contributed by atoms with van der Waals surface area (Å²) >= 11 is 0. The molecule has 1 aliphatic heterocycles. The molecule has 0 saturated heterocycles. The second kappa shape index (κ2) is 5.47. The molecule has 0 radical (unpaired) electrons. The highest BCUT2D eigenvalue weighted by atomic mass is 32.2. The molecule has 2 rings (SSSR count). The molecule has 1 heterocycles. The van der Waals surface area contributed by atoms with E-state index < -0.39 is 16.6 Å². The smallest absolute Gasteiger partial charge is 0.384 e. The van der Waals surface area contributed by atoms with Crippen LogP contribution in [0.3, 0.4) is 0 Å². The lowest BCUT2D eigenvalue weighted by molar-refractivity contribution is -0.0779.